The molecule has 3 aromatic rings. The molecule has 3 aromatic heterocycles. The van der Waals surface area contributed by atoms with Gasteiger partial charge < -0.3 is 4.42 Å². The van der Waals surface area contributed by atoms with Gasteiger partial charge in [0.1, 0.15) is 11.5 Å². The van der Waals surface area contributed by atoms with Crippen molar-refractivity contribution in [2.24, 2.45) is 0 Å². The van der Waals surface area contributed by atoms with E-state index in [1.807, 2.05) is 30.5 Å². The molecule has 0 radical (unpaired) electrons. The van der Waals surface area contributed by atoms with E-state index in [2.05, 4.69) is 23.0 Å². The van der Waals surface area contributed by atoms with E-state index in [0.717, 1.165) is 42.8 Å². The molecule has 0 fully saturated rings. The number of pyridine rings is 2. The van der Waals surface area contributed by atoms with Crippen molar-refractivity contribution in [2.45, 2.75) is 38.5 Å². The van der Waals surface area contributed by atoms with Crippen molar-refractivity contribution >= 4 is 0 Å². The maximum atomic E-state index is 5.99. The first kappa shape index (κ1) is 14.1. The van der Waals surface area contributed by atoms with Crippen LogP contribution in [0.1, 0.15) is 41.5 Å². The third-order valence-electron chi connectivity index (χ3n) is 4.50. The Bertz CT molecular complexity index is 810. The average Bonchev–Trinajstić information content (AvgIpc) is 2.88. The van der Waals surface area contributed by atoms with E-state index < -0.39 is 0 Å². The van der Waals surface area contributed by atoms with Crippen molar-refractivity contribution in [3.8, 4) is 11.6 Å². The Morgan fingerprint density at radius 2 is 2.00 bits per heavy atom. The molecule has 0 spiro atoms. The van der Waals surface area contributed by atoms with Gasteiger partial charge in [-0.25, -0.2) is 4.98 Å². The molecular formula is C19H19N3O. The molecule has 4 rings (SSSR count). The smallest absolute Gasteiger partial charge is 0.245 e. The Morgan fingerprint density at radius 1 is 1.09 bits per heavy atom. The molecule has 1 aliphatic rings. The number of rotatable bonds is 2. The molecule has 1 aliphatic carbocycles. The van der Waals surface area contributed by atoms with E-state index in [0.29, 0.717) is 11.8 Å². The largest absolute Gasteiger partial charge is 0.440 e. The number of hydrogen-bond acceptors (Lipinski definition) is 4. The maximum Gasteiger partial charge on any atom is 0.245 e. The highest BCUT2D eigenvalue weighted by atomic mass is 16.4. The molecule has 0 saturated carbocycles. The summed E-state index contributed by atoms with van der Waals surface area (Å²) in [5, 5.41) is 0. The van der Waals surface area contributed by atoms with E-state index in [1.165, 1.54) is 11.3 Å². The quantitative estimate of drug-likeness (QED) is 0.669. The summed E-state index contributed by atoms with van der Waals surface area (Å²) in [6.45, 7) is 2.14. The third kappa shape index (κ3) is 2.77. The number of aryl methyl sites for hydroxylation is 2. The van der Waals surface area contributed by atoms with Crippen LogP contribution in [0.5, 0.6) is 0 Å². The van der Waals surface area contributed by atoms with Gasteiger partial charge in [-0.2, -0.15) is 0 Å². The number of oxazole rings is 1. The summed E-state index contributed by atoms with van der Waals surface area (Å²) in [7, 11) is 0. The highest BCUT2D eigenvalue weighted by molar-refractivity contribution is 5.47. The van der Waals surface area contributed by atoms with E-state index in [4.69, 9.17) is 9.40 Å². The van der Waals surface area contributed by atoms with Crippen molar-refractivity contribution in [2.75, 3.05) is 0 Å². The fourth-order valence-corrected chi connectivity index (χ4v) is 3.34. The molecule has 1 unspecified atom stereocenters. The first-order valence-electron chi connectivity index (χ1n) is 8.13. The standard InChI is InChI=1S/C19H19N3O/c1-13-6-5-11-21-18(13)14-7-4-9-17-16(12-14)22-19(23-17)15-8-2-3-10-20-15/h2-3,5-6,8,10-11,14H,4,7,9,12H2,1H3. The van der Waals surface area contributed by atoms with Crippen LogP contribution in [-0.4, -0.2) is 15.0 Å². The minimum absolute atomic E-state index is 0.416. The molecule has 0 amide bonds. The second kappa shape index (κ2) is 5.95. The number of aromatic nitrogens is 3. The fourth-order valence-electron chi connectivity index (χ4n) is 3.34. The molecule has 4 heteroatoms. The summed E-state index contributed by atoms with van der Waals surface area (Å²) in [6, 6.07) is 9.92. The molecule has 4 nitrogen and oxygen atoms in total. The van der Waals surface area contributed by atoms with Gasteiger partial charge in [-0.1, -0.05) is 12.1 Å². The minimum Gasteiger partial charge on any atom is -0.440 e. The highest BCUT2D eigenvalue weighted by Gasteiger charge is 2.25. The number of nitrogens with zero attached hydrogens (tertiary/aromatic N) is 3. The number of hydrogen-bond donors (Lipinski definition) is 0. The molecule has 116 valence electrons. The van der Waals surface area contributed by atoms with E-state index >= 15 is 0 Å². The second-order valence-electron chi connectivity index (χ2n) is 6.10. The summed E-state index contributed by atoms with van der Waals surface area (Å²) < 4.78 is 5.99. The normalized spacial score (nSPS) is 17.5. The zero-order valence-corrected chi connectivity index (χ0v) is 13.2. The van der Waals surface area contributed by atoms with Crippen molar-refractivity contribution in [3.63, 3.8) is 0 Å². The SMILES string of the molecule is Cc1cccnc1C1CCCc2oc(-c3ccccn3)nc2C1. The van der Waals surface area contributed by atoms with Gasteiger partial charge in [0.2, 0.25) is 5.89 Å². The van der Waals surface area contributed by atoms with Crippen molar-refractivity contribution in [1.82, 2.24) is 15.0 Å². The molecule has 0 aliphatic heterocycles. The van der Waals surface area contributed by atoms with Crippen LogP contribution in [0.15, 0.2) is 47.1 Å². The summed E-state index contributed by atoms with van der Waals surface area (Å²) >= 11 is 0. The van der Waals surface area contributed by atoms with Crippen LogP contribution in [0.2, 0.25) is 0 Å². The Hall–Kier alpha value is -2.49. The third-order valence-corrected chi connectivity index (χ3v) is 4.50. The van der Waals surface area contributed by atoms with Gasteiger partial charge in [-0.05, 0) is 43.5 Å². The van der Waals surface area contributed by atoms with Crippen LogP contribution in [0, 0.1) is 6.92 Å². The Kier molecular flexibility index (Phi) is 3.66. The summed E-state index contributed by atoms with van der Waals surface area (Å²) in [5.74, 6) is 2.06. The summed E-state index contributed by atoms with van der Waals surface area (Å²) in [6.07, 6.45) is 7.72. The molecule has 0 bridgehead atoms. The summed E-state index contributed by atoms with van der Waals surface area (Å²) in [4.78, 5) is 13.7. The van der Waals surface area contributed by atoms with Gasteiger partial charge >= 0.3 is 0 Å². The lowest BCUT2D eigenvalue weighted by atomic mass is 9.93. The van der Waals surface area contributed by atoms with Crippen molar-refractivity contribution < 1.29 is 4.42 Å². The average molecular weight is 305 g/mol. The predicted molar refractivity (Wildman–Crippen MR) is 88.1 cm³/mol. The minimum atomic E-state index is 0.416. The van der Waals surface area contributed by atoms with E-state index in [1.54, 1.807) is 6.20 Å². The Morgan fingerprint density at radius 3 is 2.83 bits per heavy atom. The van der Waals surface area contributed by atoms with Crippen LogP contribution >= 0.6 is 0 Å². The zero-order valence-electron chi connectivity index (χ0n) is 13.2. The topological polar surface area (TPSA) is 51.8 Å². The van der Waals surface area contributed by atoms with Crippen LogP contribution in [0.4, 0.5) is 0 Å². The molecule has 0 N–H and O–H groups in total. The molecule has 0 saturated heterocycles. The zero-order chi connectivity index (χ0) is 15.6. The van der Waals surface area contributed by atoms with Gasteiger partial charge in [0.05, 0.1) is 5.69 Å². The lowest BCUT2D eigenvalue weighted by Crippen LogP contribution is -2.06. The second-order valence-corrected chi connectivity index (χ2v) is 6.10. The molecular weight excluding hydrogens is 286 g/mol. The van der Waals surface area contributed by atoms with Crippen LogP contribution in [0.25, 0.3) is 11.6 Å². The summed E-state index contributed by atoms with van der Waals surface area (Å²) in [5.41, 5.74) is 4.32. The molecule has 23 heavy (non-hydrogen) atoms. The number of fused-ring (bicyclic) bond motifs is 1. The van der Waals surface area contributed by atoms with Crippen molar-refractivity contribution in [1.29, 1.82) is 0 Å². The Balaban J connectivity index is 1.67. The van der Waals surface area contributed by atoms with E-state index in [9.17, 15) is 0 Å². The van der Waals surface area contributed by atoms with Crippen LogP contribution < -0.4 is 0 Å². The van der Waals surface area contributed by atoms with Gasteiger partial charge in [0.15, 0.2) is 0 Å². The first-order valence-corrected chi connectivity index (χ1v) is 8.13. The molecule has 1 atom stereocenters. The van der Waals surface area contributed by atoms with Gasteiger partial charge in [-0.15, -0.1) is 0 Å². The fraction of sp³-hybridized carbons (Fsp3) is 0.316. The monoisotopic (exact) mass is 305 g/mol. The molecule has 3 heterocycles. The first-order chi connectivity index (χ1) is 11.3. The van der Waals surface area contributed by atoms with Gasteiger partial charge in [-0.3, -0.25) is 9.97 Å². The molecule has 0 aromatic carbocycles. The van der Waals surface area contributed by atoms with Gasteiger partial charge in [0, 0.05) is 36.8 Å². The van der Waals surface area contributed by atoms with Crippen LogP contribution in [-0.2, 0) is 12.8 Å². The lowest BCUT2D eigenvalue weighted by Gasteiger charge is -2.15. The predicted octanol–water partition coefficient (Wildman–Crippen LogP) is 4.10. The Labute approximate surface area is 135 Å². The highest BCUT2D eigenvalue weighted by Crippen LogP contribution is 2.33. The van der Waals surface area contributed by atoms with Crippen molar-refractivity contribution in [3.05, 3.63) is 65.4 Å². The van der Waals surface area contributed by atoms with E-state index in [-0.39, 0.29) is 0 Å². The lowest BCUT2D eigenvalue weighted by molar-refractivity contribution is 0.504. The van der Waals surface area contributed by atoms with Crippen LogP contribution in [0.3, 0.4) is 0 Å². The maximum absolute atomic E-state index is 5.99. The van der Waals surface area contributed by atoms with Gasteiger partial charge in [0.25, 0.3) is 0 Å².